The van der Waals surface area contributed by atoms with Crippen molar-refractivity contribution in [2.75, 3.05) is 18.0 Å². The Kier molecular flexibility index (Phi) is 7.39. The summed E-state index contributed by atoms with van der Waals surface area (Å²) in [6.07, 6.45) is 3.02. The van der Waals surface area contributed by atoms with Crippen molar-refractivity contribution >= 4 is 17.3 Å². The molecule has 0 saturated carbocycles. The van der Waals surface area contributed by atoms with Crippen LogP contribution in [-0.2, 0) is 6.42 Å². The second-order valence-electron chi connectivity index (χ2n) is 5.66. The summed E-state index contributed by atoms with van der Waals surface area (Å²) in [6, 6.07) is 6.36. The second-order valence-corrected chi connectivity index (χ2v) is 6.07. The van der Waals surface area contributed by atoms with Gasteiger partial charge in [0.1, 0.15) is 0 Å². The smallest absolute Gasteiger partial charge is 0.0459 e. The summed E-state index contributed by atoms with van der Waals surface area (Å²) < 4.78 is 0. The first-order valence-electron chi connectivity index (χ1n) is 7.81. The SMILES string of the molecule is CCC(C)CN(CC)c1cccc(Cl)c1CC(N)CC. The zero-order chi connectivity index (χ0) is 15.1. The normalized spacial score (nSPS) is 14.1. The monoisotopic (exact) mass is 296 g/mol. The van der Waals surface area contributed by atoms with Crippen molar-refractivity contribution in [2.24, 2.45) is 11.7 Å². The zero-order valence-electron chi connectivity index (χ0n) is 13.3. The maximum atomic E-state index is 6.42. The molecule has 1 rings (SSSR count). The number of hydrogen-bond acceptors (Lipinski definition) is 2. The molecule has 0 aromatic heterocycles. The Morgan fingerprint density at radius 2 is 1.90 bits per heavy atom. The molecule has 0 aliphatic heterocycles. The summed E-state index contributed by atoms with van der Waals surface area (Å²) in [4.78, 5) is 2.43. The molecule has 114 valence electrons. The van der Waals surface area contributed by atoms with Gasteiger partial charge in [-0.1, -0.05) is 44.9 Å². The number of anilines is 1. The third kappa shape index (κ3) is 4.68. The van der Waals surface area contributed by atoms with Crippen molar-refractivity contribution in [1.29, 1.82) is 0 Å². The standard InChI is InChI=1S/C17H29ClN2/c1-5-13(4)12-20(7-3)17-10-8-9-16(18)15(17)11-14(19)6-2/h8-10,13-14H,5-7,11-12,19H2,1-4H3. The molecule has 2 nitrogen and oxygen atoms in total. The fourth-order valence-corrected chi connectivity index (χ4v) is 2.60. The van der Waals surface area contributed by atoms with Gasteiger partial charge >= 0.3 is 0 Å². The van der Waals surface area contributed by atoms with Crippen LogP contribution in [0.5, 0.6) is 0 Å². The van der Waals surface area contributed by atoms with Crippen molar-refractivity contribution in [3.63, 3.8) is 0 Å². The average Bonchev–Trinajstić information content (AvgIpc) is 2.46. The number of nitrogens with two attached hydrogens (primary N) is 1. The number of benzene rings is 1. The molecule has 0 saturated heterocycles. The van der Waals surface area contributed by atoms with E-state index in [0.717, 1.165) is 31.0 Å². The van der Waals surface area contributed by atoms with Crippen LogP contribution in [0.3, 0.4) is 0 Å². The molecular weight excluding hydrogens is 268 g/mol. The maximum Gasteiger partial charge on any atom is 0.0459 e. The Hall–Kier alpha value is -0.730. The van der Waals surface area contributed by atoms with E-state index in [1.165, 1.54) is 17.7 Å². The third-order valence-electron chi connectivity index (χ3n) is 4.04. The van der Waals surface area contributed by atoms with Gasteiger partial charge in [-0.25, -0.2) is 0 Å². The highest BCUT2D eigenvalue weighted by atomic mass is 35.5. The molecule has 0 amide bonds. The van der Waals surface area contributed by atoms with Crippen molar-refractivity contribution in [2.45, 2.75) is 53.0 Å². The topological polar surface area (TPSA) is 29.3 Å². The van der Waals surface area contributed by atoms with Crippen LogP contribution >= 0.6 is 11.6 Å². The van der Waals surface area contributed by atoms with Crippen LogP contribution in [0, 0.1) is 5.92 Å². The molecular formula is C17H29ClN2. The Bertz CT molecular complexity index is 406. The molecule has 2 N–H and O–H groups in total. The molecule has 3 heteroatoms. The van der Waals surface area contributed by atoms with Gasteiger partial charge in [0, 0.05) is 29.8 Å². The van der Waals surface area contributed by atoms with Crippen molar-refractivity contribution < 1.29 is 0 Å². The first kappa shape index (κ1) is 17.3. The Morgan fingerprint density at radius 1 is 1.20 bits per heavy atom. The highest BCUT2D eigenvalue weighted by molar-refractivity contribution is 6.31. The van der Waals surface area contributed by atoms with Gasteiger partial charge in [0.25, 0.3) is 0 Å². The summed E-state index contributed by atoms with van der Waals surface area (Å²) in [5.41, 5.74) is 8.59. The first-order chi connectivity index (χ1) is 9.53. The van der Waals surface area contributed by atoms with Crippen molar-refractivity contribution in [3.05, 3.63) is 28.8 Å². The summed E-state index contributed by atoms with van der Waals surface area (Å²) >= 11 is 6.42. The lowest BCUT2D eigenvalue weighted by molar-refractivity contribution is 0.546. The second kappa shape index (κ2) is 8.53. The van der Waals surface area contributed by atoms with Crippen LogP contribution in [0.2, 0.25) is 5.02 Å². The van der Waals surface area contributed by atoms with Gasteiger partial charge in [0.05, 0.1) is 0 Å². The molecule has 0 aliphatic rings. The van der Waals surface area contributed by atoms with E-state index in [0.29, 0.717) is 5.92 Å². The van der Waals surface area contributed by atoms with Crippen LogP contribution in [0.15, 0.2) is 18.2 Å². The van der Waals surface area contributed by atoms with Gasteiger partial charge in [-0.2, -0.15) is 0 Å². The highest BCUT2D eigenvalue weighted by Gasteiger charge is 2.16. The number of nitrogens with zero attached hydrogens (tertiary/aromatic N) is 1. The molecule has 2 unspecified atom stereocenters. The van der Waals surface area contributed by atoms with E-state index >= 15 is 0 Å². The van der Waals surface area contributed by atoms with E-state index in [2.05, 4.69) is 38.7 Å². The molecule has 0 radical (unpaired) electrons. The van der Waals surface area contributed by atoms with Gasteiger partial charge in [-0.15, -0.1) is 0 Å². The van der Waals surface area contributed by atoms with Crippen molar-refractivity contribution in [1.82, 2.24) is 0 Å². The Morgan fingerprint density at radius 3 is 2.45 bits per heavy atom. The minimum Gasteiger partial charge on any atom is -0.371 e. The van der Waals surface area contributed by atoms with Crippen LogP contribution in [-0.4, -0.2) is 19.1 Å². The molecule has 1 aromatic rings. The van der Waals surface area contributed by atoms with Gasteiger partial charge in [-0.05, 0) is 43.4 Å². The maximum absolute atomic E-state index is 6.42. The largest absolute Gasteiger partial charge is 0.371 e. The first-order valence-corrected chi connectivity index (χ1v) is 8.19. The fourth-order valence-electron chi connectivity index (χ4n) is 2.36. The number of rotatable bonds is 8. The third-order valence-corrected chi connectivity index (χ3v) is 4.39. The van der Waals surface area contributed by atoms with Gasteiger partial charge in [-0.3, -0.25) is 0 Å². The Balaban J connectivity index is 3.04. The molecule has 0 aliphatic carbocycles. The lowest BCUT2D eigenvalue weighted by Crippen LogP contribution is -2.30. The molecule has 0 heterocycles. The minimum absolute atomic E-state index is 0.177. The van der Waals surface area contributed by atoms with Crippen LogP contribution < -0.4 is 10.6 Å². The summed E-state index contributed by atoms with van der Waals surface area (Å²) in [6.45, 7) is 10.9. The van der Waals surface area contributed by atoms with E-state index in [9.17, 15) is 0 Å². The average molecular weight is 297 g/mol. The van der Waals surface area contributed by atoms with Crippen LogP contribution in [0.1, 0.15) is 46.1 Å². The molecule has 0 spiro atoms. The van der Waals surface area contributed by atoms with E-state index in [4.69, 9.17) is 17.3 Å². The van der Waals surface area contributed by atoms with E-state index in [1.54, 1.807) is 0 Å². The molecule has 0 fully saturated rings. The molecule has 20 heavy (non-hydrogen) atoms. The Labute approximate surface area is 129 Å². The predicted molar refractivity (Wildman–Crippen MR) is 90.8 cm³/mol. The molecule has 0 bridgehead atoms. The highest BCUT2D eigenvalue weighted by Crippen LogP contribution is 2.29. The van der Waals surface area contributed by atoms with Crippen LogP contribution in [0.4, 0.5) is 5.69 Å². The summed E-state index contributed by atoms with van der Waals surface area (Å²) in [5, 5.41) is 0.842. The lowest BCUT2D eigenvalue weighted by atomic mass is 10.0. The number of hydrogen-bond donors (Lipinski definition) is 1. The molecule has 1 aromatic carbocycles. The minimum atomic E-state index is 0.177. The fraction of sp³-hybridized carbons (Fsp3) is 0.647. The van der Waals surface area contributed by atoms with E-state index < -0.39 is 0 Å². The lowest BCUT2D eigenvalue weighted by Gasteiger charge is -2.29. The molecule has 2 atom stereocenters. The predicted octanol–water partition coefficient (Wildman–Crippen LogP) is 4.49. The van der Waals surface area contributed by atoms with E-state index in [1.807, 2.05) is 12.1 Å². The quantitative estimate of drug-likeness (QED) is 0.766. The van der Waals surface area contributed by atoms with E-state index in [-0.39, 0.29) is 6.04 Å². The zero-order valence-corrected chi connectivity index (χ0v) is 14.1. The summed E-state index contributed by atoms with van der Waals surface area (Å²) in [5.74, 6) is 0.682. The van der Waals surface area contributed by atoms with Gasteiger partial charge in [0.2, 0.25) is 0 Å². The summed E-state index contributed by atoms with van der Waals surface area (Å²) in [7, 11) is 0. The van der Waals surface area contributed by atoms with Crippen LogP contribution in [0.25, 0.3) is 0 Å². The van der Waals surface area contributed by atoms with Gasteiger partial charge < -0.3 is 10.6 Å². The number of halogens is 1. The van der Waals surface area contributed by atoms with Gasteiger partial charge in [0.15, 0.2) is 0 Å². The van der Waals surface area contributed by atoms with Crippen molar-refractivity contribution in [3.8, 4) is 0 Å².